The van der Waals surface area contributed by atoms with Crippen molar-refractivity contribution in [2.45, 2.75) is 13.0 Å². The molecule has 0 bridgehead atoms. The Bertz CT molecular complexity index is 219. The fraction of sp³-hybridized carbons (Fsp3) is 0.833. The lowest BCUT2D eigenvalue weighted by Gasteiger charge is -2.14. The molecule has 0 unspecified atom stereocenters. The summed E-state index contributed by atoms with van der Waals surface area (Å²) in [5, 5.41) is 8.37. The first-order valence-electron chi connectivity index (χ1n) is 3.74. The van der Waals surface area contributed by atoms with Crippen molar-refractivity contribution in [2.24, 2.45) is 5.73 Å². The highest BCUT2D eigenvalue weighted by Gasteiger charge is 2.20. The second-order valence-electron chi connectivity index (χ2n) is 2.43. The van der Waals surface area contributed by atoms with E-state index in [0.29, 0.717) is 0 Å². The molecule has 0 aromatic heterocycles. The Kier molecular flexibility index (Phi) is 5.17. The molecular weight excluding hydrogens is 197 g/mol. The Balaban J connectivity index is 3.87. The number of hydrogen-bond acceptors (Lipinski definition) is 5. The molecule has 0 aliphatic heterocycles. The second kappa shape index (κ2) is 5.34. The molecule has 0 saturated heterocycles. The smallest absolute Gasteiger partial charge is 0.327 e. The van der Waals surface area contributed by atoms with Gasteiger partial charge in [-0.2, -0.15) is 0 Å². The van der Waals surface area contributed by atoms with Gasteiger partial charge < -0.3 is 19.9 Å². The van der Waals surface area contributed by atoms with Gasteiger partial charge in [0.25, 0.3) is 0 Å². The van der Waals surface area contributed by atoms with E-state index in [2.05, 4.69) is 0 Å². The van der Waals surface area contributed by atoms with Gasteiger partial charge in [0.05, 0.1) is 13.2 Å². The molecule has 0 saturated carbocycles. The molecule has 6 nitrogen and oxygen atoms in total. The first kappa shape index (κ1) is 12.6. The summed E-state index contributed by atoms with van der Waals surface area (Å²) in [7, 11) is -3.13. The van der Waals surface area contributed by atoms with E-state index in [1.54, 1.807) is 6.92 Å². The first-order valence-corrected chi connectivity index (χ1v) is 5.73. The van der Waals surface area contributed by atoms with Crippen molar-refractivity contribution in [1.82, 2.24) is 0 Å². The average Bonchev–Trinajstić information content (AvgIpc) is 2.00. The van der Waals surface area contributed by atoms with Gasteiger partial charge in [0.1, 0.15) is 6.04 Å². The van der Waals surface area contributed by atoms with Gasteiger partial charge >= 0.3 is 13.6 Å². The van der Waals surface area contributed by atoms with Crippen LogP contribution >= 0.6 is 7.60 Å². The molecule has 0 aliphatic rings. The molecule has 0 heterocycles. The zero-order valence-electron chi connectivity index (χ0n) is 7.60. The zero-order valence-corrected chi connectivity index (χ0v) is 8.49. The molecule has 0 rings (SSSR count). The van der Waals surface area contributed by atoms with Crippen molar-refractivity contribution >= 4 is 13.6 Å². The van der Waals surface area contributed by atoms with E-state index >= 15 is 0 Å². The van der Waals surface area contributed by atoms with Crippen molar-refractivity contribution in [3.8, 4) is 0 Å². The van der Waals surface area contributed by atoms with Gasteiger partial charge in [-0.05, 0) is 6.92 Å². The topological polar surface area (TPSA) is 98.9 Å². The quantitative estimate of drug-likeness (QED) is 0.612. The maximum Gasteiger partial charge on any atom is 0.327 e. The minimum absolute atomic E-state index is 0.246. The highest BCUT2D eigenvalue weighted by atomic mass is 31.2. The summed E-state index contributed by atoms with van der Waals surface area (Å²) in [6.07, 6.45) is 0. The average molecular weight is 211 g/mol. The molecule has 0 aromatic carbocycles. The lowest BCUT2D eigenvalue weighted by Crippen LogP contribution is -2.34. The fourth-order valence-electron chi connectivity index (χ4n) is 0.559. The summed E-state index contributed by atoms with van der Waals surface area (Å²) < 4.78 is 20.7. The van der Waals surface area contributed by atoms with Gasteiger partial charge in [-0.15, -0.1) is 0 Å². The highest BCUT2D eigenvalue weighted by molar-refractivity contribution is 7.52. The van der Waals surface area contributed by atoms with Crippen LogP contribution in [0.15, 0.2) is 0 Å². The summed E-state index contributed by atoms with van der Waals surface area (Å²) in [5.41, 5.74) is 5.12. The number of carboxylic acid groups (broad SMARTS) is 1. The third kappa shape index (κ3) is 5.76. The molecule has 0 radical (unpaired) electrons. The Labute approximate surface area is 76.5 Å². The number of carbonyl (C=O) groups is 1. The Morgan fingerprint density at radius 3 is 2.54 bits per heavy atom. The van der Waals surface area contributed by atoms with Gasteiger partial charge in [0, 0.05) is 6.66 Å². The van der Waals surface area contributed by atoms with E-state index in [4.69, 9.17) is 19.9 Å². The second-order valence-corrected chi connectivity index (χ2v) is 4.49. The molecule has 2 atom stereocenters. The fourth-order valence-corrected chi connectivity index (χ4v) is 1.53. The molecule has 3 N–H and O–H groups in total. The number of aliphatic carboxylic acids is 1. The van der Waals surface area contributed by atoms with Crippen LogP contribution in [0.25, 0.3) is 0 Å². The number of nitrogens with two attached hydrogens (primary N) is 1. The monoisotopic (exact) mass is 211 g/mol. The van der Waals surface area contributed by atoms with Crippen molar-refractivity contribution in [3.63, 3.8) is 0 Å². The van der Waals surface area contributed by atoms with Crippen LogP contribution in [-0.4, -0.2) is 37.0 Å². The lowest BCUT2D eigenvalue weighted by atomic mass is 10.3. The first-order chi connectivity index (χ1) is 5.89. The predicted molar refractivity (Wildman–Crippen MR) is 46.7 cm³/mol. The van der Waals surface area contributed by atoms with Crippen LogP contribution in [0.2, 0.25) is 0 Å². The van der Waals surface area contributed by atoms with Gasteiger partial charge in [-0.3, -0.25) is 9.36 Å². The van der Waals surface area contributed by atoms with Gasteiger partial charge in [-0.1, -0.05) is 0 Å². The molecule has 0 aliphatic carbocycles. The van der Waals surface area contributed by atoms with Crippen molar-refractivity contribution in [2.75, 3.05) is 19.9 Å². The van der Waals surface area contributed by atoms with Crippen LogP contribution in [-0.2, 0) is 18.4 Å². The van der Waals surface area contributed by atoms with E-state index in [-0.39, 0.29) is 13.2 Å². The molecule has 0 amide bonds. The summed E-state index contributed by atoms with van der Waals surface area (Å²) in [4.78, 5) is 10.2. The van der Waals surface area contributed by atoms with Crippen LogP contribution < -0.4 is 5.73 Å². The number of rotatable bonds is 6. The van der Waals surface area contributed by atoms with Crippen molar-refractivity contribution < 1.29 is 23.5 Å². The Hall–Kier alpha value is -0.420. The normalized spacial score (nSPS) is 17.8. The van der Waals surface area contributed by atoms with E-state index in [1.165, 1.54) is 6.66 Å². The zero-order chi connectivity index (χ0) is 10.5. The van der Waals surface area contributed by atoms with Crippen LogP contribution in [0.5, 0.6) is 0 Å². The van der Waals surface area contributed by atoms with Gasteiger partial charge in [-0.25, -0.2) is 0 Å². The standard InChI is InChI=1S/C6H14NO5P/c1-3-11-13(2,10)12-4-5(7)6(8)9/h5H,3-4,7H2,1-2H3,(H,8,9)/t5-,13+/m0/s1. The minimum Gasteiger partial charge on any atom is -0.480 e. The minimum atomic E-state index is -3.13. The van der Waals surface area contributed by atoms with Crippen molar-refractivity contribution in [3.05, 3.63) is 0 Å². The van der Waals surface area contributed by atoms with Gasteiger partial charge in [0.2, 0.25) is 0 Å². The van der Waals surface area contributed by atoms with Crippen LogP contribution in [0.1, 0.15) is 6.92 Å². The molecule has 78 valence electrons. The molecular formula is C6H14NO5P. The molecule has 7 heteroatoms. The third-order valence-electron chi connectivity index (χ3n) is 1.17. The Morgan fingerprint density at radius 1 is 1.62 bits per heavy atom. The SMILES string of the molecule is CCO[P@@](C)(=O)OC[C@H](N)C(=O)O. The summed E-state index contributed by atoms with van der Waals surface area (Å²) in [6.45, 7) is 2.86. The maximum absolute atomic E-state index is 11.2. The largest absolute Gasteiger partial charge is 0.480 e. The van der Waals surface area contributed by atoms with Gasteiger partial charge in [0.15, 0.2) is 0 Å². The Morgan fingerprint density at radius 2 is 2.15 bits per heavy atom. The van der Waals surface area contributed by atoms with E-state index in [0.717, 1.165) is 0 Å². The van der Waals surface area contributed by atoms with Crippen LogP contribution in [0.4, 0.5) is 0 Å². The van der Waals surface area contributed by atoms with E-state index in [9.17, 15) is 9.36 Å². The highest BCUT2D eigenvalue weighted by Crippen LogP contribution is 2.43. The van der Waals surface area contributed by atoms with Crippen LogP contribution in [0.3, 0.4) is 0 Å². The predicted octanol–water partition coefficient (Wildman–Crippen LogP) is 0.274. The summed E-state index contributed by atoms with van der Waals surface area (Å²) in [6, 6.07) is -1.17. The molecule has 0 aromatic rings. The lowest BCUT2D eigenvalue weighted by molar-refractivity contribution is -0.139. The molecule has 13 heavy (non-hydrogen) atoms. The summed E-state index contributed by atoms with van der Waals surface area (Å²) in [5.74, 6) is -1.20. The molecule has 0 fully saturated rings. The van der Waals surface area contributed by atoms with E-state index in [1.807, 2.05) is 0 Å². The van der Waals surface area contributed by atoms with E-state index < -0.39 is 19.6 Å². The van der Waals surface area contributed by atoms with Crippen LogP contribution in [0, 0.1) is 0 Å². The third-order valence-corrected chi connectivity index (χ3v) is 2.51. The number of hydrogen-bond donors (Lipinski definition) is 2. The molecule has 0 spiro atoms. The maximum atomic E-state index is 11.2. The number of carboxylic acids is 1. The summed E-state index contributed by atoms with van der Waals surface area (Å²) >= 11 is 0. The van der Waals surface area contributed by atoms with Crippen molar-refractivity contribution in [1.29, 1.82) is 0 Å².